The molecule has 6 heteroatoms. The van der Waals surface area contributed by atoms with Gasteiger partial charge in [-0.1, -0.05) is 6.07 Å². The van der Waals surface area contributed by atoms with Crippen molar-refractivity contribution in [2.75, 3.05) is 7.05 Å². The van der Waals surface area contributed by atoms with Gasteiger partial charge in [0.1, 0.15) is 24.0 Å². The van der Waals surface area contributed by atoms with Crippen LogP contribution in [0.5, 0.6) is 5.75 Å². The first-order chi connectivity index (χ1) is 9.52. The van der Waals surface area contributed by atoms with Gasteiger partial charge in [0.05, 0.1) is 0 Å². The molecule has 1 heterocycles. The van der Waals surface area contributed by atoms with Crippen LogP contribution in [-0.2, 0) is 13.7 Å². The number of halogens is 1. The van der Waals surface area contributed by atoms with Crippen molar-refractivity contribution in [2.24, 2.45) is 7.05 Å². The van der Waals surface area contributed by atoms with Gasteiger partial charge in [-0.3, -0.25) is 0 Å². The highest BCUT2D eigenvalue weighted by atomic mass is 19.1. The SMILES string of the molecule is CNC(C)c1ccc(F)cc1OCc1nnc(C)n1C. The van der Waals surface area contributed by atoms with Crippen molar-refractivity contribution in [3.05, 3.63) is 41.2 Å². The minimum absolute atomic E-state index is 0.0758. The molecule has 20 heavy (non-hydrogen) atoms. The Morgan fingerprint density at radius 1 is 1.40 bits per heavy atom. The van der Waals surface area contributed by atoms with Crippen LogP contribution in [0.2, 0.25) is 0 Å². The summed E-state index contributed by atoms with van der Waals surface area (Å²) >= 11 is 0. The summed E-state index contributed by atoms with van der Waals surface area (Å²) in [6.07, 6.45) is 0. The molecule has 0 spiro atoms. The molecule has 0 saturated carbocycles. The zero-order valence-corrected chi connectivity index (χ0v) is 12.1. The highest BCUT2D eigenvalue weighted by Crippen LogP contribution is 2.26. The fourth-order valence-electron chi connectivity index (χ4n) is 1.87. The molecule has 1 aromatic heterocycles. The molecule has 108 valence electrons. The largest absolute Gasteiger partial charge is 0.485 e. The van der Waals surface area contributed by atoms with Gasteiger partial charge in [-0.15, -0.1) is 10.2 Å². The van der Waals surface area contributed by atoms with E-state index in [1.165, 1.54) is 12.1 Å². The Bertz CT molecular complexity index is 597. The molecule has 2 rings (SSSR count). The second-order valence-corrected chi connectivity index (χ2v) is 4.70. The maximum Gasteiger partial charge on any atom is 0.170 e. The predicted octanol–water partition coefficient (Wildman–Crippen LogP) is 2.12. The number of nitrogens with zero attached hydrogens (tertiary/aromatic N) is 3. The number of hydrogen-bond acceptors (Lipinski definition) is 4. The van der Waals surface area contributed by atoms with Crippen LogP contribution in [0.4, 0.5) is 4.39 Å². The van der Waals surface area contributed by atoms with Crippen LogP contribution in [0.1, 0.15) is 30.2 Å². The first kappa shape index (κ1) is 14.5. The van der Waals surface area contributed by atoms with Gasteiger partial charge in [-0.05, 0) is 27.0 Å². The van der Waals surface area contributed by atoms with E-state index in [1.807, 2.05) is 32.5 Å². The Kier molecular flexibility index (Phi) is 4.34. The number of nitrogens with one attached hydrogen (secondary N) is 1. The minimum Gasteiger partial charge on any atom is -0.485 e. The van der Waals surface area contributed by atoms with E-state index in [0.29, 0.717) is 11.6 Å². The van der Waals surface area contributed by atoms with Crippen LogP contribution >= 0.6 is 0 Å². The molecule has 2 aromatic rings. The standard InChI is InChI=1S/C14H19FN4O/c1-9(16-3)12-6-5-11(15)7-13(12)20-8-14-18-17-10(2)19(14)4/h5-7,9,16H,8H2,1-4H3. The summed E-state index contributed by atoms with van der Waals surface area (Å²) < 4.78 is 21.0. The van der Waals surface area contributed by atoms with Gasteiger partial charge < -0.3 is 14.6 Å². The van der Waals surface area contributed by atoms with Crippen LogP contribution in [0.15, 0.2) is 18.2 Å². The first-order valence-corrected chi connectivity index (χ1v) is 6.47. The van der Waals surface area contributed by atoms with Gasteiger partial charge in [-0.25, -0.2) is 4.39 Å². The minimum atomic E-state index is -0.318. The highest BCUT2D eigenvalue weighted by molar-refractivity contribution is 5.36. The molecular formula is C14H19FN4O. The summed E-state index contributed by atoms with van der Waals surface area (Å²) in [5, 5.41) is 11.1. The molecule has 0 fully saturated rings. The van der Waals surface area contributed by atoms with E-state index in [2.05, 4.69) is 15.5 Å². The van der Waals surface area contributed by atoms with E-state index >= 15 is 0 Å². The fourth-order valence-corrected chi connectivity index (χ4v) is 1.87. The maximum absolute atomic E-state index is 13.4. The molecule has 0 aliphatic rings. The zero-order chi connectivity index (χ0) is 14.7. The lowest BCUT2D eigenvalue weighted by Gasteiger charge is -2.16. The lowest BCUT2D eigenvalue weighted by atomic mass is 10.1. The molecule has 0 radical (unpaired) electrons. The van der Waals surface area contributed by atoms with Crippen LogP contribution in [-0.4, -0.2) is 21.8 Å². The number of aromatic nitrogens is 3. The Labute approximate surface area is 117 Å². The number of hydrogen-bond donors (Lipinski definition) is 1. The van der Waals surface area contributed by atoms with Crippen molar-refractivity contribution >= 4 is 0 Å². The van der Waals surface area contributed by atoms with Crippen LogP contribution in [0.25, 0.3) is 0 Å². The molecule has 0 aliphatic heterocycles. The summed E-state index contributed by atoms with van der Waals surface area (Å²) in [4.78, 5) is 0. The molecule has 1 unspecified atom stereocenters. The molecule has 0 aliphatic carbocycles. The third-order valence-corrected chi connectivity index (χ3v) is 3.41. The smallest absolute Gasteiger partial charge is 0.170 e. The van der Waals surface area contributed by atoms with Crippen LogP contribution < -0.4 is 10.1 Å². The monoisotopic (exact) mass is 278 g/mol. The molecule has 0 amide bonds. The number of ether oxygens (including phenoxy) is 1. The summed E-state index contributed by atoms with van der Waals surface area (Å²) in [5.41, 5.74) is 0.910. The lowest BCUT2D eigenvalue weighted by molar-refractivity contribution is 0.284. The molecule has 1 N–H and O–H groups in total. The second-order valence-electron chi connectivity index (χ2n) is 4.70. The molecule has 1 atom stereocenters. The molecule has 0 bridgehead atoms. The van der Waals surface area contributed by atoms with Gasteiger partial charge in [-0.2, -0.15) is 0 Å². The Hall–Kier alpha value is -1.95. The van der Waals surface area contributed by atoms with Crippen molar-refractivity contribution in [2.45, 2.75) is 26.5 Å². The van der Waals surface area contributed by atoms with Crippen LogP contribution in [0.3, 0.4) is 0 Å². The third kappa shape index (κ3) is 2.96. The Morgan fingerprint density at radius 2 is 2.15 bits per heavy atom. The number of rotatable bonds is 5. The topological polar surface area (TPSA) is 52.0 Å². The van der Waals surface area contributed by atoms with Crippen molar-refractivity contribution in [1.29, 1.82) is 0 Å². The van der Waals surface area contributed by atoms with Crippen molar-refractivity contribution in [3.63, 3.8) is 0 Å². The number of benzene rings is 1. The fraction of sp³-hybridized carbons (Fsp3) is 0.429. The molecular weight excluding hydrogens is 259 g/mol. The highest BCUT2D eigenvalue weighted by Gasteiger charge is 2.13. The van der Waals surface area contributed by atoms with Gasteiger partial charge >= 0.3 is 0 Å². The quantitative estimate of drug-likeness (QED) is 0.910. The predicted molar refractivity (Wildman–Crippen MR) is 73.9 cm³/mol. The molecule has 5 nitrogen and oxygen atoms in total. The summed E-state index contributed by atoms with van der Waals surface area (Å²) in [5.74, 6) is 1.72. The maximum atomic E-state index is 13.4. The summed E-state index contributed by atoms with van der Waals surface area (Å²) in [6, 6.07) is 4.63. The first-order valence-electron chi connectivity index (χ1n) is 6.47. The van der Waals surface area contributed by atoms with Gasteiger partial charge in [0.2, 0.25) is 0 Å². The van der Waals surface area contributed by atoms with Crippen molar-refractivity contribution in [3.8, 4) is 5.75 Å². The Balaban J connectivity index is 2.20. The lowest BCUT2D eigenvalue weighted by Crippen LogP contribution is -2.14. The van der Waals surface area contributed by atoms with E-state index in [1.54, 1.807) is 6.07 Å². The number of aryl methyl sites for hydroxylation is 1. The average molecular weight is 278 g/mol. The van der Waals surface area contributed by atoms with Gasteiger partial charge in [0.25, 0.3) is 0 Å². The van der Waals surface area contributed by atoms with Crippen molar-refractivity contribution in [1.82, 2.24) is 20.1 Å². The van der Waals surface area contributed by atoms with E-state index in [-0.39, 0.29) is 18.5 Å². The van der Waals surface area contributed by atoms with Gasteiger partial charge in [0.15, 0.2) is 5.82 Å². The van der Waals surface area contributed by atoms with E-state index in [9.17, 15) is 4.39 Å². The van der Waals surface area contributed by atoms with E-state index in [0.717, 1.165) is 11.4 Å². The third-order valence-electron chi connectivity index (χ3n) is 3.41. The van der Waals surface area contributed by atoms with Crippen molar-refractivity contribution < 1.29 is 9.13 Å². The van der Waals surface area contributed by atoms with Crippen LogP contribution in [0, 0.1) is 12.7 Å². The second kappa shape index (κ2) is 6.00. The summed E-state index contributed by atoms with van der Waals surface area (Å²) in [7, 11) is 3.72. The summed E-state index contributed by atoms with van der Waals surface area (Å²) in [6.45, 7) is 4.12. The molecule has 1 aromatic carbocycles. The Morgan fingerprint density at radius 3 is 2.75 bits per heavy atom. The zero-order valence-electron chi connectivity index (χ0n) is 12.1. The van der Waals surface area contributed by atoms with E-state index in [4.69, 9.17) is 4.74 Å². The average Bonchev–Trinajstić information content (AvgIpc) is 2.76. The van der Waals surface area contributed by atoms with E-state index < -0.39 is 0 Å². The normalized spacial score (nSPS) is 12.4. The van der Waals surface area contributed by atoms with Gasteiger partial charge in [0, 0.05) is 24.7 Å². The molecule has 0 saturated heterocycles.